The molecule has 0 aliphatic carbocycles. The Labute approximate surface area is 200 Å². The summed E-state index contributed by atoms with van der Waals surface area (Å²) >= 11 is 17.3. The van der Waals surface area contributed by atoms with Crippen molar-refractivity contribution in [2.45, 2.75) is 13.3 Å². The van der Waals surface area contributed by atoms with Crippen molar-refractivity contribution in [2.24, 2.45) is 0 Å². The third kappa shape index (κ3) is 6.68. The summed E-state index contributed by atoms with van der Waals surface area (Å²) in [5.74, 6) is 0.501. The number of benzene rings is 2. The summed E-state index contributed by atoms with van der Waals surface area (Å²) in [6.07, 6.45) is 3.20. The van der Waals surface area contributed by atoms with Gasteiger partial charge in [0, 0.05) is 34.5 Å². The minimum Gasteiger partial charge on any atom is -0.457 e. The largest absolute Gasteiger partial charge is 0.457 e. The molecule has 1 aromatic heterocycles. The molecule has 0 unspecified atom stereocenters. The zero-order valence-corrected chi connectivity index (χ0v) is 19.3. The van der Waals surface area contributed by atoms with Gasteiger partial charge in [0.1, 0.15) is 11.5 Å². The van der Waals surface area contributed by atoms with Crippen molar-refractivity contribution in [3.63, 3.8) is 0 Å². The van der Waals surface area contributed by atoms with Crippen LogP contribution < -0.4 is 16.0 Å². The van der Waals surface area contributed by atoms with E-state index in [-0.39, 0.29) is 11.0 Å². The Kier molecular flexibility index (Phi) is 8.05. The lowest BCUT2D eigenvalue weighted by molar-refractivity contribution is -0.116. The highest BCUT2D eigenvalue weighted by molar-refractivity contribution is 7.80. The van der Waals surface area contributed by atoms with Crippen LogP contribution in [0.3, 0.4) is 0 Å². The number of rotatable bonds is 6. The first-order valence-corrected chi connectivity index (χ1v) is 10.8. The van der Waals surface area contributed by atoms with Crippen LogP contribution in [0.25, 0.3) is 17.4 Å². The maximum absolute atomic E-state index is 12.2. The number of hydrogen-bond acceptors (Lipinski definition) is 4. The number of carbonyl (C=O) groups excluding carboxylic acids is 2. The van der Waals surface area contributed by atoms with Crippen LogP contribution in [-0.2, 0) is 9.59 Å². The zero-order chi connectivity index (χ0) is 23.1. The smallest absolute Gasteiger partial charge is 0.250 e. The Hall–Kier alpha value is -3.13. The van der Waals surface area contributed by atoms with Gasteiger partial charge in [-0.15, -0.1) is 0 Å². The molecular weight excluding hydrogens is 469 g/mol. The molecule has 0 bridgehead atoms. The molecule has 6 nitrogen and oxygen atoms in total. The van der Waals surface area contributed by atoms with Gasteiger partial charge in [-0.25, -0.2) is 0 Å². The molecule has 0 aliphatic heterocycles. The van der Waals surface area contributed by atoms with Gasteiger partial charge >= 0.3 is 0 Å². The van der Waals surface area contributed by atoms with Crippen LogP contribution in [0.1, 0.15) is 19.1 Å². The van der Waals surface area contributed by atoms with Gasteiger partial charge in [-0.2, -0.15) is 0 Å². The van der Waals surface area contributed by atoms with Gasteiger partial charge in [-0.3, -0.25) is 14.9 Å². The van der Waals surface area contributed by atoms with Gasteiger partial charge in [0.25, 0.3) is 0 Å². The van der Waals surface area contributed by atoms with Crippen molar-refractivity contribution in [1.82, 2.24) is 5.32 Å². The minimum atomic E-state index is -0.430. The average molecular weight is 488 g/mol. The number of carbonyl (C=O) groups is 2. The highest BCUT2D eigenvalue weighted by Gasteiger charge is 2.09. The fraction of sp³-hybridized carbons (Fsp3) is 0.0870. The van der Waals surface area contributed by atoms with Crippen molar-refractivity contribution in [2.75, 3.05) is 10.6 Å². The van der Waals surface area contributed by atoms with Gasteiger partial charge < -0.3 is 15.1 Å². The summed E-state index contributed by atoms with van der Waals surface area (Å²) in [5.41, 5.74) is 1.96. The Bertz CT molecular complexity index is 1190. The first-order valence-electron chi connectivity index (χ1n) is 9.59. The number of hydrogen-bond donors (Lipinski definition) is 3. The van der Waals surface area contributed by atoms with E-state index >= 15 is 0 Å². The number of furan rings is 1. The van der Waals surface area contributed by atoms with Crippen LogP contribution >= 0.6 is 35.4 Å². The lowest BCUT2D eigenvalue weighted by Crippen LogP contribution is -2.32. The molecule has 1 heterocycles. The molecular formula is C23H19Cl2N3O3S. The monoisotopic (exact) mass is 487 g/mol. The fourth-order valence-corrected chi connectivity index (χ4v) is 3.39. The van der Waals surface area contributed by atoms with Gasteiger partial charge in [0.2, 0.25) is 11.8 Å². The second-order valence-electron chi connectivity index (χ2n) is 6.59. The Balaban J connectivity index is 1.56. The molecule has 0 saturated heterocycles. The van der Waals surface area contributed by atoms with E-state index in [1.807, 2.05) is 0 Å². The summed E-state index contributed by atoms with van der Waals surface area (Å²) in [4.78, 5) is 23.7. The number of halogens is 2. The summed E-state index contributed by atoms with van der Waals surface area (Å²) < 4.78 is 5.72. The van der Waals surface area contributed by atoms with E-state index in [0.717, 1.165) is 0 Å². The predicted molar refractivity (Wildman–Crippen MR) is 133 cm³/mol. The van der Waals surface area contributed by atoms with E-state index in [1.165, 1.54) is 12.2 Å². The lowest BCUT2D eigenvalue weighted by Gasteiger charge is -2.10. The van der Waals surface area contributed by atoms with E-state index in [9.17, 15) is 9.59 Å². The summed E-state index contributed by atoms with van der Waals surface area (Å²) in [5, 5.41) is 9.33. The zero-order valence-electron chi connectivity index (χ0n) is 16.9. The normalized spacial score (nSPS) is 10.7. The quantitative estimate of drug-likeness (QED) is 0.287. The Morgan fingerprint density at radius 2 is 1.78 bits per heavy atom. The molecule has 2 aromatic carbocycles. The molecule has 2 amide bonds. The van der Waals surface area contributed by atoms with Crippen LogP contribution in [0.2, 0.25) is 10.0 Å². The van der Waals surface area contributed by atoms with Crippen LogP contribution in [0, 0.1) is 0 Å². The lowest BCUT2D eigenvalue weighted by atomic mass is 10.2. The van der Waals surface area contributed by atoms with E-state index in [2.05, 4.69) is 16.0 Å². The van der Waals surface area contributed by atoms with Crippen molar-refractivity contribution in [3.05, 3.63) is 76.5 Å². The standard InChI is InChI=1S/C23H19Cl2N3O3S/c1-2-21(29)26-15-4-3-5-16(13-15)27-23(32)28-22(30)11-8-17-7-10-20(31-17)18-9-6-14(24)12-19(18)25/h3-13H,2H2,1H3,(H,26,29)(H2,27,28,30,32)/b11-8+. The summed E-state index contributed by atoms with van der Waals surface area (Å²) in [6.45, 7) is 1.77. The van der Waals surface area contributed by atoms with Gasteiger partial charge in [0.05, 0.1) is 5.02 Å². The molecule has 0 aliphatic rings. The van der Waals surface area contributed by atoms with E-state index < -0.39 is 5.91 Å². The highest BCUT2D eigenvalue weighted by Crippen LogP contribution is 2.31. The molecule has 0 atom stereocenters. The molecule has 0 fully saturated rings. The summed E-state index contributed by atoms with van der Waals surface area (Å²) in [6, 6.07) is 15.6. The fourth-order valence-electron chi connectivity index (χ4n) is 2.67. The topological polar surface area (TPSA) is 83.4 Å². The van der Waals surface area contributed by atoms with Crippen molar-refractivity contribution in [1.29, 1.82) is 0 Å². The highest BCUT2D eigenvalue weighted by atomic mass is 35.5. The third-order valence-corrected chi connectivity index (χ3v) is 4.94. The van der Waals surface area contributed by atoms with E-state index in [0.29, 0.717) is 44.9 Å². The van der Waals surface area contributed by atoms with Crippen LogP contribution in [0.5, 0.6) is 0 Å². The number of thiocarbonyl (C=S) groups is 1. The third-order valence-electron chi connectivity index (χ3n) is 4.18. The molecule has 3 N–H and O–H groups in total. The molecule has 0 spiro atoms. The molecule has 0 saturated carbocycles. The SMILES string of the molecule is CCC(=O)Nc1cccc(NC(=S)NC(=O)/C=C/c2ccc(-c3ccc(Cl)cc3Cl)o2)c1. The number of anilines is 2. The molecule has 32 heavy (non-hydrogen) atoms. The minimum absolute atomic E-state index is 0.0948. The van der Waals surface area contributed by atoms with Crippen molar-refractivity contribution < 1.29 is 14.0 Å². The second kappa shape index (κ2) is 10.9. The van der Waals surface area contributed by atoms with Gasteiger partial charge in [0.15, 0.2) is 5.11 Å². The molecule has 3 rings (SSSR count). The predicted octanol–water partition coefficient (Wildman–Crippen LogP) is 6.13. The van der Waals surface area contributed by atoms with Crippen LogP contribution in [-0.4, -0.2) is 16.9 Å². The Morgan fingerprint density at radius 3 is 2.50 bits per heavy atom. The van der Waals surface area contributed by atoms with Crippen molar-refractivity contribution in [3.8, 4) is 11.3 Å². The molecule has 3 aromatic rings. The Morgan fingerprint density at radius 1 is 1.03 bits per heavy atom. The van der Waals surface area contributed by atoms with E-state index in [1.54, 1.807) is 61.5 Å². The van der Waals surface area contributed by atoms with E-state index in [4.69, 9.17) is 39.8 Å². The summed E-state index contributed by atoms with van der Waals surface area (Å²) in [7, 11) is 0. The van der Waals surface area contributed by atoms with Gasteiger partial charge in [-0.1, -0.05) is 36.2 Å². The molecule has 164 valence electrons. The van der Waals surface area contributed by atoms with Crippen molar-refractivity contribution >= 4 is 69.8 Å². The molecule has 9 heteroatoms. The number of nitrogens with one attached hydrogen (secondary N) is 3. The average Bonchev–Trinajstić information content (AvgIpc) is 3.21. The van der Waals surface area contributed by atoms with Crippen LogP contribution in [0.15, 0.2) is 65.1 Å². The maximum Gasteiger partial charge on any atom is 0.250 e. The maximum atomic E-state index is 12.2. The first kappa shape index (κ1) is 23.5. The molecule has 0 radical (unpaired) electrons. The number of amides is 2. The van der Waals surface area contributed by atoms with Crippen LogP contribution in [0.4, 0.5) is 11.4 Å². The first-order chi connectivity index (χ1) is 15.3. The van der Waals surface area contributed by atoms with Gasteiger partial charge in [-0.05, 0) is 66.8 Å². The second-order valence-corrected chi connectivity index (χ2v) is 7.84.